The zero-order chi connectivity index (χ0) is 28.6. The Morgan fingerprint density at radius 3 is 1.76 bits per heavy atom. The van der Waals surface area contributed by atoms with Crippen LogP contribution in [0.2, 0.25) is 0 Å². The van der Waals surface area contributed by atoms with Gasteiger partial charge in [-0.3, -0.25) is 4.79 Å². The van der Waals surface area contributed by atoms with E-state index in [2.05, 4.69) is 78.9 Å². The number of esters is 1. The molecule has 1 aliphatic rings. The van der Waals surface area contributed by atoms with Crippen LogP contribution in [-0.2, 0) is 26.3 Å². The standard InChI is InChI=1S/C39H38O3/c40-38-36(37(42-38)28-13-2-1-6-17-30-19-16-20-31-18-14-15-27-35(30)31)29-41-39(32-21-7-3-8-22-32,33-23-9-4-10-24-33)34-25-11-5-12-26-34/h3-5,7-12,14-16,18-27,36-37H,1-2,6,13,17,28-29H2/t36-,37-/m0/s1. The van der Waals surface area contributed by atoms with Crippen molar-refractivity contribution in [1.29, 1.82) is 0 Å². The number of hydrogen-bond donors (Lipinski definition) is 0. The van der Waals surface area contributed by atoms with E-state index in [0.29, 0.717) is 6.61 Å². The zero-order valence-corrected chi connectivity index (χ0v) is 24.0. The van der Waals surface area contributed by atoms with Crippen LogP contribution in [0.5, 0.6) is 0 Å². The summed E-state index contributed by atoms with van der Waals surface area (Å²) in [5.41, 5.74) is 3.72. The predicted molar refractivity (Wildman–Crippen MR) is 169 cm³/mol. The van der Waals surface area contributed by atoms with Crippen LogP contribution < -0.4 is 0 Å². The van der Waals surface area contributed by atoms with Crippen molar-refractivity contribution in [3.05, 3.63) is 156 Å². The summed E-state index contributed by atoms with van der Waals surface area (Å²) in [6, 6.07) is 46.2. The van der Waals surface area contributed by atoms with E-state index in [9.17, 15) is 4.79 Å². The van der Waals surface area contributed by atoms with E-state index in [0.717, 1.165) is 42.4 Å². The third-order valence-corrected chi connectivity index (χ3v) is 8.60. The van der Waals surface area contributed by atoms with Crippen LogP contribution in [-0.4, -0.2) is 18.7 Å². The Hall–Kier alpha value is -4.21. The van der Waals surface area contributed by atoms with Crippen LogP contribution in [0.25, 0.3) is 10.8 Å². The second-order valence-electron chi connectivity index (χ2n) is 11.3. The summed E-state index contributed by atoms with van der Waals surface area (Å²) in [7, 11) is 0. The molecule has 0 radical (unpaired) electrons. The second-order valence-corrected chi connectivity index (χ2v) is 11.3. The fourth-order valence-electron chi connectivity index (χ4n) is 6.34. The third-order valence-electron chi connectivity index (χ3n) is 8.60. The lowest BCUT2D eigenvalue weighted by Crippen LogP contribution is -2.49. The van der Waals surface area contributed by atoms with Gasteiger partial charge in [0, 0.05) is 0 Å². The molecule has 1 heterocycles. The van der Waals surface area contributed by atoms with Crippen LogP contribution in [0.15, 0.2) is 133 Å². The summed E-state index contributed by atoms with van der Waals surface area (Å²) in [4.78, 5) is 12.7. The first-order chi connectivity index (χ1) is 20.8. The lowest BCUT2D eigenvalue weighted by molar-refractivity contribution is -0.194. The molecule has 1 aliphatic heterocycles. The number of unbranched alkanes of at least 4 members (excludes halogenated alkanes) is 3. The van der Waals surface area contributed by atoms with Gasteiger partial charge in [-0.15, -0.1) is 0 Å². The predicted octanol–water partition coefficient (Wildman–Crippen LogP) is 8.88. The number of carbonyl (C=O) groups is 1. The van der Waals surface area contributed by atoms with E-state index in [1.54, 1.807) is 0 Å². The van der Waals surface area contributed by atoms with E-state index in [-0.39, 0.29) is 18.0 Å². The average molecular weight is 555 g/mol. The first-order valence-corrected chi connectivity index (χ1v) is 15.2. The number of fused-ring (bicyclic) bond motifs is 1. The fourth-order valence-corrected chi connectivity index (χ4v) is 6.34. The minimum atomic E-state index is -0.828. The Morgan fingerprint density at radius 1 is 0.595 bits per heavy atom. The van der Waals surface area contributed by atoms with Crippen LogP contribution in [0, 0.1) is 5.92 Å². The molecule has 3 nitrogen and oxygen atoms in total. The monoisotopic (exact) mass is 554 g/mol. The van der Waals surface area contributed by atoms with E-state index >= 15 is 0 Å². The van der Waals surface area contributed by atoms with E-state index in [1.807, 2.05) is 54.6 Å². The summed E-state index contributed by atoms with van der Waals surface area (Å²) in [6.07, 6.45) is 6.40. The summed E-state index contributed by atoms with van der Waals surface area (Å²) >= 11 is 0. The Labute approximate surface area is 249 Å². The summed E-state index contributed by atoms with van der Waals surface area (Å²) in [5.74, 6) is -0.407. The lowest BCUT2D eigenvalue weighted by atomic mass is 9.79. The minimum Gasteiger partial charge on any atom is -0.461 e. The number of carbonyl (C=O) groups excluding carboxylic acids is 1. The number of cyclic esters (lactones) is 1. The maximum atomic E-state index is 12.7. The van der Waals surface area contributed by atoms with Gasteiger partial charge in [-0.1, -0.05) is 146 Å². The highest BCUT2D eigenvalue weighted by molar-refractivity contribution is 5.85. The van der Waals surface area contributed by atoms with Crippen LogP contribution in [0.1, 0.15) is 54.4 Å². The zero-order valence-electron chi connectivity index (χ0n) is 24.0. The Morgan fingerprint density at radius 2 is 1.14 bits per heavy atom. The minimum absolute atomic E-state index is 0.0874. The highest BCUT2D eigenvalue weighted by Gasteiger charge is 2.45. The summed E-state index contributed by atoms with van der Waals surface area (Å²) in [5, 5.41) is 2.67. The third kappa shape index (κ3) is 5.89. The van der Waals surface area contributed by atoms with Gasteiger partial charge in [0.2, 0.25) is 0 Å². The van der Waals surface area contributed by atoms with E-state index in [1.165, 1.54) is 29.2 Å². The summed E-state index contributed by atoms with van der Waals surface area (Å²) in [6.45, 7) is 0.309. The van der Waals surface area contributed by atoms with Crippen LogP contribution >= 0.6 is 0 Å². The molecule has 1 fully saturated rings. The van der Waals surface area contributed by atoms with Crippen LogP contribution in [0.4, 0.5) is 0 Å². The highest BCUT2D eigenvalue weighted by atomic mass is 16.6. The molecule has 2 atom stereocenters. The molecule has 6 rings (SSSR count). The maximum Gasteiger partial charge on any atom is 0.315 e. The molecular weight excluding hydrogens is 516 g/mol. The fraction of sp³-hybridized carbons (Fsp3) is 0.256. The van der Waals surface area contributed by atoms with Gasteiger partial charge in [0.05, 0.1) is 6.61 Å². The number of rotatable bonds is 13. The molecule has 0 bridgehead atoms. The molecule has 0 amide bonds. The molecule has 0 saturated carbocycles. The quantitative estimate of drug-likeness (QED) is 0.0828. The van der Waals surface area contributed by atoms with Crippen molar-refractivity contribution in [3.8, 4) is 0 Å². The first-order valence-electron chi connectivity index (χ1n) is 15.2. The molecule has 0 unspecified atom stereocenters. The molecule has 5 aromatic rings. The van der Waals surface area contributed by atoms with Crippen molar-refractivity contribution in [1.82, 2.24) is 0 Å². The lowest BCUT2D eigenvalue weighted by Gasteiger charge is -2.40. The SMILES string of the molecule is O=C1O[C@@H](CCCCCCc2cccc3ccccc23)[C@@H]1COC(c1ccccc1)(c1ccccc1)c1ccccc1. The molecule has 5 aromatic carbocycles. The highest BCUT2D eigenvalue weighted by Crippen LogP contribution is 2.42. The Bertz CT molecular complexity index is 1480. The van der Waals surface area contributed by atoms with Gasteiger partial charge in [0.1, 0.15) is 17.6 Å². The van der Waals surface area contributed by atoms with Gasteiger partial charge in [0.25, 0.3) is 0 Å². The smallest absolute Gasteiger partial charge is 0.315 e. The first kappa shape index (κ1) is 27.9. The van der Waals surface area contributed by atoms with Gasteiger partial charge in [-0.25, -0.2) is 0 Å². The van der Waals surface area contributed by atoms with Gasteiger partial charge >= 0.3 is 5.97 Å². The Kier molecular flexibility index (Phi) is 8.77. The number of ether oxygens (including phenoxy) is 2. The molecule has 42 heavy (non-hydrogen) atoms. The topological polar surface area (TPSA) is 35.5 Å². The van der Waals surface area contributed by atoms with Crippen molar-refractivity contribution >= 4 is 16.7 Å². The molecule has 0 N–H and O–H groups in total. The van der Waals surface area contributed by atoms with E-state index < -0.39 is 5.60 Å². The number of hydrogen-bond acceptors (Lipinski definition) is 3. The second kappa shape index (κ2) is 13.2. The van der Waals surface area contributed by atoms with Gasteiger partial charge in [0.15, 0.2) is 0 Å². The van der Waals surface area contributed by atoms with Gasteiger partial charge in [-0.2, -0.15) is 0 Å². The number of aryl methyl sites for hydroxylation is 1. The van der Waals surface area contributed by atoms with E-state index in [4.69, 9.17) is 9.47 Å². The van der Waals surface area contributed by atoms with Crippen molar-refractivity contribution in [2.75, 3.05) is 6.61 Å². The molecule has 0 aromatic heterocycles. The van der Waals surface area contributed by atoms with Crippen molar-refractivity contribution in [2.45, 2.75) is 50.2 Å². The Balaban J connectivity index is 1.09. The van der Waals surface area contributed by atoms with Gasteiger partial charge in [-0.05, 0) is 58.7 Å². The largest absolute Gasteiger partial charge is 0.461 e. The normalized spacial score (nSPS) is 16.6. The van der Waals surface area contributed by atoms with Crippen molar-refractivity contribution in [3.63, 3.8) is 0 Å². The molecule has 212 valence electrons. The van der Waals surface area contributed by atoms with Gasteiger partial charge < -0.3 is 9.47 Å². The number of benzene rings is 5. The molecular formula is C39H38O3. The molecule has 3 heteroatoms. The molecule has 0 spiro atoms. The summed E-state index contributed by atoms with van der Waals surface area (Å²) < 4.78 is 12.6. The molecule has 1 saturated heterocycles. The van der Waals surface area contributed by atoms with Crippen molar-refractivity contribution in [2.24, 2.45) is 5.92 Å². The van der Waals surface area contributed by atoms with Crippen LogP contribution in [0.3, 0.4) is 0 Å². The maximum absolute atomic E-state index is 12.7. The average Bonchev–Trinajstić information content (AvgIpc) is 3.05. The van der Waals surface area contributed by atoms with Crippen molar-refractivity contribution < 1.29 is 14.3 Å². The molecule has 0 aliphatic carbocycles.